The van der Waals surface area contributed by atoms with Crippen LogP contribution in [0.3, 0.4) is 0 Å². The summed E-state index contributed by atoms with van der Waals surface area (Å²) in [6.45, 7) is 6.23. The van der Waals surface area contributed by atoms with Gasteiger partial charge in [0.05, 0.1) is 31.3 Å². The third-order valence-corrected chi connectivity index (χ3v) is 6.30. The average Bonchev–Trinajstić information content (AvgIpc) is 3.20. The summed E-state index contributed by atoms with van der Waals surface area (Å²) in [4.78, 5) is 12.8. The zero-order chi connectivity index (χ0) is 20.1. The standard InChI is InChI=1S/C22H24ClN3O2S/c1-2-18-13-16(7-8-24-18)22-25-21(26-9-11-27-12-10-26)20(29-22)15-28-14-17-5-3-4-6-19(17)23/h3-8,13H,2,9-12,14-15H2,1H3. The highest BCUT2D eigenvalue weighted by atomic mass is 35.5. The lowest BCUT2D eigenvalue weighted by molar-refractivity contribution is 0.108. The quantitative estimate of drug-likeness (QED) is 0.530. The Balaban J connectivity index is 1.56. The van der Waals surface area contributed by atoms with Crippen LogP contribution in [0.2, 0.25) is 5.02 Å². The summed E-state index contributed by atoms with van der Waals surface area (Å²) in [6.07, 6.45) is 2.76. The lowest BCUT2D eigenvalue weighted by atomic mass is 10.2. The van der Waals surface area contributed by atoms with E-state index < -0.39 is 0 Å². The van der Waals surface area contributed by atoms with Gasteiger partial charge >= 0.3 is 0 Å². The summed E-state index contributed by atoms with van der Waals surface area (Å²) in [6, 6.07) is 11.9. The number of thiazole rings is 1. The van der Waals surface area contributed by atoms with Crippen LogP contribution in [-0.4, -0.2) is 36.3 Å². The first kappa shape index (κ1) is 20.3. The molecular weight excluding hydrogens is 406 g/mol. The van der Waals surface area contributed by atoms with Gasteiger partial charge in [0.2, 0.25) is 0 Å². The predicted molar refractivity (Wildman–Crippen MR) is 118 cm³/mol. The second kappa shape index (κ2) is 9.67. The highest BCUT2D eigenvalue weighted by molar-refractivity contribution is 7.15. The molecule has 0 saturated carbocycles. The molecule has 1 saturated heterocycles. The van der Waals surface area contributed by atoms with Crippen LogP contribution in [0.25, 0.3) is 10.6 Å². The number of hydrogen-bond acceptors (Lipinski definition) is 6. The number of anilines is 1. The smallest absolute Gasteiger partial charge is 0.146 e. The third-order valence-electron chi connectivity index (χ3n) is 4.86. The summed E-state index contributed by atoms with van der Waals surface area (Å²) >= 11 is 7.94. The lowest BCUT2D eigenvalue weighted by Gasteiger charge is -2.27. The van der Waals surface area contributed by atoms with Crippen molar-refractivity contribution >= 4 is 28.8 Å². The fourth-order valence-electron chi connectivity index (χ4n) is 3.26. The Labute approximate surface area is 180 Å². The monoisotopic (exact) mass is 429 g/mol. The van der Waals surface area contributed by atoms with Crippen molar-refractivity contribution in [3.63, 3.8) is 0 Å². The van der Waals surface area contributed by atoms with Gasteiger partial charge in [-0.1, -0.05) is 36.7 Å². The highest BCUT2D eigenvalue weighted by Crippen LogP contribution is 2.34. The molecule has 3 heterocycles. The number of aromatic nitrogens is 2. The van der Waals surface area contributed by atoms with E-state index >= 15 is 0 Å². The van der Waals surface area contributed by atoms with Gasteiger partial charge in [-0.15, -0.1) is 11.3 Å². The van der Waals surface area contributed by atoms with Gasteiger partial charge in [-0.25, -0.2) is 4.98 Å². The van der Waals surface area contributed by atoms with Crippen molar-refractivity contribution in [2.24, 2.45) is 0 Å². The summed E-state index contributed by atoms with van der Waals surface area (Å²) in [5.74, 6) is 1.00. The van der Waals surface area contributed by atoms with E-state index in [1.54, 1.807) is 11.3 Å². The molecular formula is C22H24ClN3O2S. The maximum absolute atomic E-state index is 6.25. The van der Waals surface area contributed by atoms with Gasteiger partial charge in [0.15, 0.2) is 0 Å². The van der Waals surface area contributed by atoms with Gasteiger partial charge in [-0.05, 0) is 30.2 Å². The molecule has 7 heteroatoms. The van der Waals surface area contributed by atoms with Gasteiger partial charge in [0.25, 0.3) is 0 Å². The van der Waals surface area contributed by atoms with E-state index in [0.29, 0.717) is 13.2 Å². The van der Waals surface area contributed by atoms with Crippen molar-refractivity contribution in [3.8, 4) is 10.6 Å². The Bertz CT molecular complexity index is 957. The first-order valence-electron chi connectivity index (χ1n) is 9.83. The maximum Gasteiger partial charge on any atom is 0.146 e. The number of nitrogens with zero attached hydrogens (tertiary/aromatic N) is 3. The molecule has 5 nitrogen and oxygen atoms in total. The van der Waals surface area contributed by atoms with Gasteiger partial charge in [-0.2, -0.15) is 0 Å². The summed E-state index contributed by atoms with van der Waals surface area (Å²) in [7, 11) is 0. The molecule has 1 aliphatic rings. The number of hydrogen-bond donors (Lipinski definition) is 0. The summed E-state index contributed by atoms with van der Waals surface area (Å²) in [5, 5.41) is 1.73. The Morgan fingerprint density at radius 2 is 2.00 bits per heavy atom. The topological polar surface area (TPSA) is 47.5 Å². The van der Waals surface area contributed by atoms with Crippen LogP contribution in [0.5, 0.6) is 0 Å². The number of halogens is 1. The van der Waals surface area contributed by atoms with Crippen molar-refractivity contribution in [1.82, 2.24) is 9.97 Å². The van der Waals surface area contributed by atoms with Gasteiger partial charge < -0.3 is 14.4 Å². The number of aryl methyl sites for hydroxylation is 1. The minimum absolute atomic E-state index is 0.477. The van der Waals surface area contributed by atoms with Crippen molar-refractivity contribution in [1.29, 1.82) is 0 Å². The van der Waals surface area contributed by atoms with Crippen molar-refractivity contribution in [2.45, 2.75) is 26.6 Å². The van der Waals surface area contributed by atoms with E-state index in [-0.39, 0.29) is 0 Å². The van der Waals surface area contributed by atoms with Gasteiger partial charge in [0, 0.05) is 35.6 Å². The molecule has 0 bridgehead atoms. The molecule has 1 aromatic carbocycles. The predicted octanol–water partition coefficient (Wildman–Crippen LogP) is 4.97. The number of rotatable bonds is 7. The molecule has 0 aliphatic carbocycles. The average molecular weight is 430 g/mol. The molecule has 4 rings (SSSR count). The van der Waals surface area contributed by atoms with Crippen molar-refractivity contribution < 1.29 is 9.47 Å². The van der Waals surface area contributed by atoms with Crippen LogP contribution in [-0.2, 0) is 29.1 Å². The second-order valence-corrected chi connectivity index (χ2v) is 8.33. The summed E-state index contributed by atoms with van der Waals surface area (Å²) < 4.78 is 11.5. The van der Waals surface area contributed by atoms with E-state index in [9.17, 15) is 0 Å². The number of ether oxygens (including phenoxy) is 2. The number of pyridine rings is 1. The normalized spacial score (nSPS) is 14.3. The third kappa shape index (κ3) is 4.95. The molecule has 0 atom stereocenters. The zero-order valence-corrected chi connectivity index (χ0v) is 18.0. The molecule has 0 unspecified atom stereocenters. The minimum atomic E-state index is 0.477. The molecule has 0 N–H and O–H groups in total. The number of benzene rings is 1. The van der Waals surface area contributed by atoms with Crippen LogP contribution in [0.15, 0.2) is 42.6 Å². The molecule has 3 aromatic rings. The molecule has 0 radical (unpaired) electrons. The largest absolute Gasteiger partial charge is 0.378 e. The Morgan fingerprint density at radius 1 is 1.17 bits per heavy atom. The molecule has 1 aliphatic heterocycles. The van der Waals surface area contributed by atoms with E-state index in [2.05, 4.69) is 22.9 Å². The molecule has 152 valence electrons. The maximum atomic E-state index is 6.25. The fraction of sp³-hybridized carbons (Fsp3) is 0.364. The SMILES string of the molecule is CCc1cc(-c2nc(N3CCOCC3)c(COCc3ccccc3Cl)s2)ccn1. The van der Waals surface area contributed by atoms with E-state index in [4.69, 9.17) is 26.1 Å². The Morgan fingerprint density at radius 3 is 2.79 bits per heavy atom. The van der Waals surface area contributed by atoms with E-state index in [1.807, 2.05) is 36.5 Å². The Kier molecular flexibility index (Phi) is 6.77. The van der Waals surface area contributed by atoms with E-state index in [1.165, 1.54) is 0 Å². The van der Waals surface area contributed by atoms with Crippen LogP contribution in [0.1, 0.15) is 23.1 Å². The van der Waals surface area contributed by atoms with Gasteiger partial charge in [0.1, 0.15) is 10.8 Å². The molecule has 1 fully saturated rings. The van der Waals surface area contributed by atoms with Crippen LogP contribution in [0.4, 0.5) is 5.82 Å². The highest BCUT2D eigenvalue weighted by Gasteiger charge is 2.21. The van der Waals surface area contributed by atoms with E-state index in [0.717, 1.165) is 70.3 Å². The zero-order valence-electron chi connectivity index (χ0n) is 16.4. The molecule has 0 amide bonds. The molecule has 2 aromatic heterocycles. The van der Waals surface area contributed by atoms with Crippen molar-refractivity contribution in [2.75, 3.05) is 31.2 Å². The first-order chi connectivity index (χ1) is 14.2. The first-order valence-corrected chi connectivity index (χ1v) is 11.0. The lowest BCUT2D eigenvalue weighted by Crippen LogP contribution is -2.37. The Hall–Kier alpha value is -1.99. The van der Waals surface area contributed by atoms with Crippen LogP contribution >= 0.6 is 22.9 Å². The van der Waals surface area contributed by atoms with Gasteiger partial charge in [-0.3, -0.25) is 4.98 Å². The van der Waals surface area contributed by atoms with Crippen LogP contribution in [0, 0.1) is 0 Å². The molecule has 0 spiro atoms. The summed E-state index contributed by atoms with van der Waals surface area (Å²) in [5.41, 5.74) is 3.17. The minimum Gasteiger partial charge on any atom is -0.378 e. The molecule has 29 heavy (non-hydrogen) atoms. The second-order valence-electron chi connectivity index (χ2n) is 6.84. The fourth-order valence-corrected chi connectivity index (χ4v) is 4.47. The van der Waals surface area contributed by atoms with Crippen molar-refractivity contribution in [3.05, 3.63) is 63.8 Å². The number of morpholine rings is 1. The van der Waals surface area contributed by atoms with Crippen LogP contribution < -0.4 is 4.90 Å².